The molecule has 0 aliphatic heterocycles. The summed E-state index contributed by atoms with van der Waals surface area (Å²) in [6.45, 7) is 1.85. The van der Waals surface area contributed by atoms with E-state index in [0.29, 0.717) is 5.69 Å². The van der Waals surface area contributed by atoms with Gasteiger partial charge >= 0.3 is 0 Å². The second-order valence-electron chi connectivity index (χ2n) is 4.68. The lowest BCUT2D eigenvalue weighted by molar-refractivity contribution is 0.581. The number of nitrogens with zero attached hydrogens (tertiary/aromatic N) is 2. The third-order valence-corrected chi connectivity index (χ3v) is 4.76. The molecule has 0 radical (unpaired) electrons. The summed E-state index contributed by atoms with van der Waals surface area (Å²) < 4.78 is 27.0. The number of para-hydroxylation sites is 1. The van der Waals surface area contributed by atoms with Crippen molar-refractivity contribution in [2.24, 2.45) is 0 Å². The summed E-state index contributed by atoms with van der Waals surface area (Å²) in [4.78, 5) is 4.47. The molecule has 0 bridgehead atoms. The average Bonchev–Trinajstić information content (AvgIpc) is 2.92. The summed E-state index contributed by atoms with van der Waals surface area (Å²) in [5.74, 6) is 0. The Balaban J connectivity index is 1.89. The van der Waals surface area contributed by atoms with Crippen molar-refractivity contribution >= 4 is 20.9 Å². The van der Waals surface area contributed by atoms with Crippen LogP contribution in [0, 0.1) is 6.92 Å². The molecular weight excluding hydrogens is 288 g/mol. The fraction of sp³-hybridized carbons (Fsp3) is 0.143. The van der Waals surface area contributed by atoms with Gasteiger partial charge in [-0.15, -0.1) is 0 Å². The van der Waals surface area contributed by atoms with Crippen molar-refractivity contribution in [2.75, 3.05) is 0 Å². The first kappa shape index (κ1) is 13.7. The van der Waals surface area contributed by atoms with Gasteiger partial charge in [-0.1, -0.05) is 24.3 Å². The maximum atomic E-state index is 12.2. The van der Waals surface area contributed by atoms with Crippen LogP contribution in [-0.2, 0) is 16.6 Å². The first-order valence-corrected chi connectivity index (χ1v) is 7.88. The van der Waals surface area contributed by atoms with Crippen LogP contribution < -0.4 is 4.72 Å². The SMILES string of the molecule is Cc1[nH]ncc1S(=O)(=O)NCc1cccc2cccnc12. The Morgan fingerprint density at radius 2 is 2.05 bits per heavy atom. The van der Waals surface area contributed by atoms with E-state index in [0.717, 1.165) is 16.5 Å². The van der Waals surface area contributed by atoms with Gasteiger partial charge in [-0.3, -0.25) is 10.1 Å². The van der Waals surface area contributed by atoms with Gasteiger partial charge in [0, 0.05) is 18.1 Å². The molecule has 21 heavy (non-hydrogen) atoms. The van der Waals surface area contributed by atoms with Gasteiger partial charge < -0.3 is 0 Å². The molecule has 7 heteroatoms. The zero-order valence-corrected chi connectivity index (χ0v) is 12.2. The molecule has 3 aromatic rings. The number of benzene rings is 1. The Bertz CT molecular complexity index is 881. The van der Waals surface area contributed by atoms with Crippen LogP contribution in [0.4, 0.5) is 0 Å². The summed E-state index contributed by atoms with van der Waals surface area (Å²) in [5, 5.41) is 7.34. The van der Waals surface area contributed by atoms with Crippen LogP contribution in [0.15, 0.2) is 47.6 Å². The average molecular weight is 302 g/mol. The van der Waals surface area contributed by atoms with Gasteiger partial charge in [0.2, 0.25) is 10.0 Å². The van der Waals surface area contributed by atoms with E-state index in [1.54, 1.807) is 13.1 Å². The third kappa shape index (κ3) is 2.65. The summed E-state index contributed by atoms with van der Waals surface area (Å²) in [7, 11) is -3.59. The minimum absolute atomic E-state index is 0.163. The number of aromatic amines is 1. The summed E-state index contributed by atoms with van der Waals surface area (Å²) in [6.07, 6.45) is 3.00. The molecule has 2 heterocycles. The number of hydrogen-bond acceptors (Lipinski definition) is 4. The highest BCUT2D eigenvalue weighted by Crippen LogP contribution is 2.17. The second-order valence-corrected chi connectivity index (χ2v) is 6.41. The zero-order valence-electron chi connectivity index (χ0n) is 11.4. The maximum absolute atomic E-state index is 12.2. The molecule has 6 nitrogen and oxygen atoms in total. The second kappa shape index (κ2) is 5.27. The van der Waals surface area contributed by atoms with Gasteiger partial charge in [-0.05, 0) is 18.6 Å². The molecule has 0 amide bonds. The number of H-pyrrole nitrogens is 1. The number of rotatable bonds is 4. The molecule has 0 aliphatic carbocycles. The lowest BCUT2D eigenvalue weighted by atomic mass is 10.1. The van der Waals surface area contributed by atoms with Crippen molar-refractivity contribution in [3.63, 3.8) is 0 Å². The van der Waals surface area contributed by atoms with Crippen LogP contribution in [0.25, 0.3) is 10.9 Å². The van der Waals surface area contributed by atoms with E-state index in [9.17, 15) is 8.42 Å². The highest BCUT2D eigenvalue weighted by Gasteiger charge is 2.18. The van der Waals surface area contributed by atoms with Gasteiger partial charge in [0.1, 0.15) is 4.90 Å². The predicted molar refractivity (Wildman–Crippen MR) is 79.1 cm³/mol. The van der Waals surface area contributed by atoms with E-state index in [1.807, 2.05) is 30.3 Å². The van der Waals surface area contributed by atoms with Crippen LogP contribution in [0.3, 0.4) is 0 Å². The normalized spacial score (nSPS) is 11.9. The number of hydrogen-bond donors (Lipinski definition) is 2. The molecule has 108 valence electrons. The Morgan fingerprint density at radius 1 is 1.24 bits per heavy atom. The number of aromatic nitrogens is 3. The highest BCUT2D eigenvalue weighted by molar-refractivity contribution is 7.89. The molecule has 1 aromatic carbocycles. The van der Waals surface area contributed by atoms with Crippen molar-refractivity contribution < 1.29 is 8.42 Å². The largest absolute Gasteiger partial charge is 0.281 e. The topological polar surface area (TPSA) is 87.7 Å². The van der Waals surface area contributed by atoms with Crippen LogP contribution in [0.1, 0.15) is 11.3 Å². The fourth-order valence-corrected chi connectivity index (χ4v) is 3.31. The number of nitrogens with one attached hydrogen (secondary N) is 2. The van der Waals surface area contributed by atoms with Gasteiger partial charge in [0.15, 0.2) is 0 Å². The van der Waals surface area contributed by atoms with Crippen LogP contribution in [-0.4, -0.2) is 23.6 Å². The molecule has 0 spiro atoms. The Hall–Kier alpha value is -2.25. The Kier molecular flexibility index (Phi) is 3.44. The summed E-state index contributed by atoms with van der Waals surface area (Å²) in [6, 6.07) is 9.49. The van der Waals surface area contributed by atoms with Crippen LogP contribution in [0.5, 0.6) is 0 Å². The summed E-state index contributed by atoms with van der Waals surface area (Å²) in [5.41, 5.74) is 2.14. The zero-order chi connectivity index (χ0) is 14.9. The summed E-state index contributed by atoms with van der Waals surface area (Å²) >= 11 is 0. The van der Waals surface area contributed by atoms with Crippen molar-refractivity contribution in [1.82, 2.24) is 19.9 Å². The number of fused-ring (bicyclic) bond motifs is 1. The minimum atomic E-state index is -3.59. The third-order valence-electron chi connectivity index (χ3n) is 3.24. The van der Waals surface area contributed by atoms with Crippen LogP contribution in [0.2, 0.25) is 0 Å². The van der Waals surface area contributed by atoms with E-state index < -0.39 is 10.0 Å². The predicted octanol–water partition coefficient (Wildman–Crippen LogP) is 1.74. The van der Waals surface area contributed by atoms with Crippen molar-refractivity contribution in [3.8, 4) is 0 Å². The minimum Gasteiger partial charge on any atom is -0.281 e. The van der Waals surface area contributed by atoms with E-state index in [4.69, 9.17) is 0 Å². The van der Waals surface area contributed by atoms with Gasteiger partial charge in [-0.2, -0.15) is 5.10 Å². The van der Waals surface area contributed by atoms with E-state index in [2.05, 4.69) is 19.9 Å². The van der Waals surface area contributed by atoms with Crippen molar-refractivity contribution in [1.29, 1.82) is 0 Å². The smallest absolute Gasteiger partial charge is 0.244 e. The lowest BCUT2D eigenvalue weighted by Gasteiger charge is -2.08. The maximum Gasteiger partial charge on any atom is 0.244 e. The van der Waals surface area contributed by atoms with E-state index in [-0.39, 0.29) is 11.4 Å². The number of pyridine rings is 1. The standard InChI is InChI=1S/C14H14N4O2S/c1-10-13(9-16-18-10)21(19,20)17-8-12-5-2-4-11-6-3-7-15-14(11)12/h2-7,9,17H,8H2,1H3,(H,16,18). The molecule has 0 saturated carbocycles. The lowest BCUT2D eigenvalue weighted by Crippen LogP contribution is -2.23. The molecule has 0 aliphatic rings. The fourth-order valence-electron chi connectivity index (χ4n) is 2.17. The molecule has 0 atom stereocenters. The molecular formula is C14H14N4O2S. The van der Waals surface area contributed by atoms with Crippen LogP contribution >= 0.6 is 0 Å². The van der Waals surface area contributed by atoms with E-state index in [1.165, 1.54) is 6.20 Å². The molecule has 0 saturated heterocycles. The van der Waals surface area contributed by atoms with Gasteiger partial charge in [-0.25, -0.2) is 13.1 Å². The van der Waals surface area contributed by atoms with Crippen molar-refractivity contribution in [3.05, 3.63) is 54.0 Å². The van der Waals surface area contributed by atoms with E-state index >= 15 is 0 Å². The molecule has 2 aromatic heterocycles. The van der Waals surface area contributed by atoms with Gasteiger partial charge in [0.05, 0.1) is 17.4 Å². The molecule has 0 fully saturated rings. The van der Waals surface area contributed by atoms with Gasteiger partial charge in [0.25, 0.3) is 0 Å². The molecule has 3 rings (SSSR count). The highest BCUT2D eigenvalue weighted by atomic mass is 32.2. The monoisotopic (exact) mass is 302 g/mol. The Labute approximate surface area is 122 Å². The first-order valence-electron chi connectivity index (χ1n) is 6.40. The number of aryl methyl sites for hydroxylation is 1. The molecule has 2 N–H and O–H groups in total. The molecule has 0 unspecified atom stereocenters. The van der Waals surface area contributed by atoms with Crippen molar-refractivity contribution in [2.45, 2.75) is 18.4 Å². The number of sulfonamides is 1. The quantitative estimate of drug-likeness (QED) is 0.768. The Morgan fingerprint density at radius 3 is 2.81 bits per heavy atom. The first-order chi connectivity index (χ1) is 10.1.